The molecule has 0 aliphatic heterocycles. The molecule has 98 valence electrons. The molecule has 1 aromatic rings. The molecule has 1 rings (SSSR count). The van der Waals surface area contributed by atoms with E-state index in [1.165, 1.54) is 0 Å². The lowest BCUT2D eigenvalue weighted by Crippen LogP contribution is -2.35. The van der Waals surface area contributed by atoms with Gasteiger partial charge in [-0.2, -0.15) is 0 Å². The average Bonchev–Trinajstić information content (AvgIpc) is 2.66. The summed E-state index contributed by atoms with van der Waals surface area (Å²) in [5.41, 5.74) is 2.00. The van der Waals surface area contributed by atoms with Crippen molar-refractivity contribution in [3.05, 3.63) is 17.0 Å². The van der Waals surface area contributed by atoms with Crippen LogP contribution in [0.25, 0.3) is 0 Å². The number of hydrogen-bond acceptors (Lipinski definition) is 4. The highest BCUT2D eigenvalue weighted by Gasteiger charge is 2.23. The number of nitrogens with zero attached hydrogens (tertiary/aromatic N) is 1. The molecule has 0 aromatic carbocycles. The first-order valence-corrected chi connectivity index (χ1v) is 6.20. The van der Waals surface area contributed by atoms with E-state index in [4.69, 9.17) is 4.52 Å². The molecule has 2 atom stereocenters. The molecule has 0 saturated heterocycles. The molecule has 1 aromatic heterocycles. The Balaban J connectivity index is 2.65. The first-order valence-electron chi connectivity index (χ1n) is 6.20. The lowest BCUT2D eigenvalue weighted by atomic mass is 9.88. The van der Waals surface area contributed by atoms with E-state index in [0.717, 1.165) is 30.0 Å². The van der Waals surface area contributed by atoms with Gasteiger partial charge >= 0.3 is 0 Å². The van der Waals surface area contributed by atoms with Crippen molar-refractivity contribution < 1.29 is 9.63 Å². The molecule has 0 radical (unpaired) electrons. The highest BCUT2D eigenvalue weighted by atomic mass is 16.5. The minimum Gasteiger partial charge on any atom is -0.396 e. The lowest BCUT2D eigenvalue weighted by molar-refractivity contribution is 0.132. The third kappa shape index (κ3) is 3.30. The topological polar surface area (TPSA) is 58.3 Å². The molecule has 4 nitrogen and oxygen atoms in total. The Hall–Kier alpha value is -0.870. The van der Waals surface area contributed by atoms with E-state index in [0.29, 0.717) is 0 Å². The van der Waals surface area contributed by atoms with Crippen LogP contribution in [0.2, 0.25) is 0 Å². The number of nitrogens with one attached hydrogen (secondary N) is 1. The minimum atomic E-state index is -0.0623. The van der Waals surface area contributed by atoms with Crippen molar-refractivity contribution in [2.24, 2.45) is 5.41 Å². The number of aliphatic hydroxyl groups excluding tert-OH is 1. The van der Waals surface area contributed by atoms with Crippen LogP contribution in [0.3, 0.4) is 0 Å². The lowest BCUT2D eigenvalue weighted by Gasteiger charge is -2.28. The average molecular weight is 240 g/mol. The summed E-state index contributed by atoms with van der Waals surface area (Å²) in [7, 11) is 0. The van der Waals surface area contributed by atoms with Crippen molar-refractivity contribution in [3.63, 3.8) is 0 Å². The fourth-order valence-corrected chi connectivity index (χ4v) is 1.90. The van der Waals surface area contributed by atoms with E-state index >= 15 is 0 Å². The molecular formula is C13H24N2O2. The zero-order valence-electron chi connectivity index (χ0n) is 11.5. The van der Waals surface area contributed by atoms with E-state index in [2.05, 4.69) is 31.2 Å². The van der Waals surface area contributed by atoms with Crippen molar-refractivity contribution >= 4 is 0 Å². The second kappa shape index (κ2) is 5.65. The molecule has 17 heavy (non-hydrogen) atoms. The molecule has 0 spiro atoms. The van der Waals surface area contributed by atoms with Crippen LogP contribution in [0.1, 0.15) is 50.3 Å². The van der Waals surface area contributed by atoms with Gasteiger partial charge in [0.1, 0.15) is 5.76 Å². The van der Waals surface area contributed by atoms with Crippen molar-refractivity contribution in [3.8, 4) is 0 Å². The summed E-state index contributed by atoms with van der Waals surface area (Å²) in [4.78, 5) is 0. The van der Waals surface area contributed by atoms with Crippen LogP contribution in [0, 0.1) is 19.3 Å². The summed E-state index contributed by atoms with van der Waals surface area (Å²) < 4.78 is 5.16. The van der Waals surface area contributed by atoms with Crippen molar-refractivity contribution in [2.75, 3.05) is 13.2 Å². The Kier molecular flexibility index (Phi) is 4.71. The Bertz CT molecular complexity index is 337. The molecule has 0 aliphatic rings. The third-order valence-corrected chi connectivity index (χ3v) is 3.59. The van der Waals surface area contributed by atoms with Crippen LogP contribution in [0.15, 0.2) is 4.52 Å². The number of hydrogen-bond donors (Lipinski definition) is 2. The van der Waals surface area contributed by atoms with Crippen molar-refractivity contribution in [1.82, 2.24) is 10.5 Å². The van der Waals surface area contributed by atoms with Crippen LogP contribution in [0.4, 0.5) is 0 Å². The number of aliphatic hydroxyl groups is 1. The number of aryl methyl sites for hydroxylation is 2. The van der Waals surface area contributed by atoms with Crippen LogP contribution in [0.5, 0.6) is 0 Å². The first-order chi connectivity index (χ1) is 7.93. The van der Waals surface area contributed by atoms with Gasteiger partial charge in [-0.1, -0.05) is 19.0 Å². The van der Waals surface area contributed by atoms with E-state index in [-0.39, 0.29) is 18.1 Å². The molecule has 0 bridgehead atoms. The highest BCUT2D eigenvalue weighted by molar-refractivity contribution is 5.24. The summed E-state index contributed by atoms with van der Waals surface area (Å²) in [6.45, 7) is 11.1. The van der Waals surface area contributed by atoms with Crippen LogP contribution >= 0.6 is 0 Å². The van der Waals surface area contributed by atoms with Gasteiger partial charge in [0.15, 0.2) is 0 Å². The van der Waals surface area contributed by atoms with Gasteiger partial charge in [-0.15, -0.1) is 0 Å². The van der Waals surface area contributed by atoms with Gasteiger partial charge < -0.3 is 14.9 Å². The summed E-state index contributed by atoms with van der Waals surface area (Å²) in [6, 6.07) is 0.193. The van der Waals surface area contributed by atoms with Crippen LogP contribution in [-0.2, 0) is 0 Å². The largest absolute Gasteiger partial charge is 0.396 e. The van der Waals surface area contributed by atoms with E-state index in [9.17, 15) is 5.11 Å². The smallest absolute Gasteiger partial charge is 0.138 e. The Morgan fingerprint density at radius 3 is 2.53 bits per heavy atom. The zero-order chi connectivity index (χ0) is 13.1. The molecule has 0 fully saturated rings. The van der Waals surface area contributed by atoms with Gasteiger partial charge in [-0.25, -0.2) is 0 Å². The Morgan fingerprint density at radius 2 is 2.12 bits per heavy atom. The third-order valence-electron chi connectivity index (χ3n) is 3.59. The second-order valence-electron chi connectivity index (χ2n) is 5.16. The van der Waals surface area contributed by atoms with E-state index in [1.54, 1.807) is 0 Å². The Morgan fingerprint density at radius 1 is 1.47 bits per heavy atom. The zero-order valence-corrected chi connectivity index (χ0v) is 11.5. The molecule has 1 heterocycles. The van der Waals surface area contributed by atoms with Gasteiger partial charge in [-0.3, -0.25) is 0 Å². The maximum atomic E-state index is 9.37. The Labute approximate surface area is 103 Å². The maximum absolute atomic E-state index is 9.37. The van der Waals surface area contributed by atoms with Gasteiger partial charge in [0.2, 0.25) is 0 Å². The van der Waals surface area contributed by atoms with E-state index < -0.39 is 0 Å². The maximum Gasteiger partial charge on any atom is 0.138 e. The van der Waals surface area contributed by atoms with Gasteiger partial charge in [0.05, 0.1) is 5.69 Å². The molecule has 4 heteroatoms. The molecule has 2 unspecified atom stereocenters. The van der Waals surface area contributed by atoms with Crippen molar-refractivity contribution in [2.45, 2.75) is 47.1 Å². The quantitative estimate of drug-likeness (QED) is 0.801. The summed E-state index contributed by atoms with van der Waals surface area (Å²) in [6.07, 6.45) is 0.949. The minimum absolute atomic E-state index is 0.0623. The van der Waals surface area contributed by atoms with Gasteiger partial charge in [-0.05, 0) is 27.2 Å². The first kappa shape index (κ1) is 14.2. The molecule has 0 saturated carbocycles. The fraction of sp³-hybridized carbons (Fsp3) is 0.769. The molecule has 0 aliphatic carbocycles. The van der Waals surface area contributed by atoms with Crippen LogP contribution < -0.4 is 5.32 Å². The predicted molar refractivity (Wildman–Crippen MR) is 67.9 cm³/mol. The highest BCUT2D eigenvalue weighted by Crippen LogP contribution is 2.24. The fourth-order valence-electron chi connectivity index (χ4n) is 1.90. The molecule has 2 N–H and O–H groups in total. The summed E-state index contributed by atoms with van der Waals surface area (Å²) in [5.74, 6) is 0.865. The van der Waals surface area contributed by atoms with Crippen LogP contribution in [-0.4, -0.2) is 23.4 Å². The standard InChI is InChI=1S/C13H24N2O2/c1-6-13(5,8-16)7-14-9(2)12-10(3)15-17-11(12)4/h9,14,16H,6-8H2,1-5H3. The number of rotatable bonds is 6. The monoisotopic (exact) mass is 240 g/mol. The summed E-state index contributed by atoms with van der Waals surface area (Å²) >= 11 is 0. The van der Waals surface area contributed by atoms with Crippen molar-refractivity contribution in [1.29, 1.82) is 0 Å². The molecule has 0 amide bonds. The normalized spacial score (nSPS) is 16.8. The SMILES string of the molecule is CCC(C)(CO)CNC(C)c1c(C)noc1C. The predicted octanol–water partition coefficient (Wildman–Crippen LogP) is 2.35. The second-order valence-corrected chi connectivity index (χ2v) is 5.16. The van der Waals surface area contributed by atoms with E-state index in [1.807, 2.05) is 13.8 Å². The number of aromatic nitrogens is 1. The summed E-state index contributed by atoms with van der Waals surface area (Å²) in [5, 5.41) is 16.8. The van der Waals surface area contributed by atoms with Gasteiger partial charge in [0, 0.05) is 30.2 Å². The van der Waals surface area contributed by atoms with Gasteiger partial charge in [0.25, 0.3) is 0 Å². The molecular weight excluding hydrogens is 216 g/mol.